The number of esters is 1. The van der Waals surface area contributed by atoms with Crippen LogP contribution in [-0.4, -0.2) is 57.0 Å². The molecule has 0 saturated carbocycles. The van der Waals surface area contributed by atoms with Crippen LogP contribution in [-0.2, 0) is 16.1 Å². The minimum absolute atomic E-state index is 0.0245. The van der Waals surface area contributed by atoms with E-state index in [1.54, 1.807) is 20.2 Å². The van der Waals surface area contributed by atoms with Crippen molar-refractivity contribution in [3.05, 3.63) is 35.4 Å². The molecule has 0 unspecified atom stereocenters. The number of aliphatic imine (C=N–C) groups is 1. The molecule has 0 bridgehead atoms. The first kappa shape index (κ1) is 18.8. The lowest BCUT2D eigenvalue weighted by atomic mass is 9.97. The van der Waals surface area contributed by atoms with E-state index in [0.29, 0.717) is 12.1 Å². The van der Waals surface area contributed by atoms with Crippen molar-refractivity contribution in [2.24, 2.45) is 10.9 Å². The second-order valence-electron chi connectivity index (χ2n) is 5.96. The summed E-state index contributed by atoms with van der Waals surface area (Å²) >= 11 is 0. The molecule has 1 aromatic carbocycles. The Bertz CT molecular complexity index is 637. The Kier molecular flexibility index (Phi) is 6.80. The van der Waals surface area contributed by atoms with Gasteiger partial charge < -0.3 is 20.3 Å². The molecule has 0 aromatic heterocycles. The highest BCUT2D eigenvalue weighted by Crippen LogP contribution is 2.18. The molecule has 0 spiro atoms. The summed E-state index contributed by atoms with van der Waals surface area (Å²) in [6.45, 7) is 2.10. The molecule has 1 amide bonds. The van der Waals surface area contributed by atoms with E-state index in [2.05, 4.69) is 20.5 Å². The number of carbonyl (C=O) groups is 2. The van der Waals surface area contributed by atoms with Gasteiger partial charge in [-0.25, -0.2) is 0 Å². The van der Waals surface area contributed by atoms with E-state index in [0.717, 1.165) is 37.5 Å². The van der Waals surface area contributed by atoms with Crippen LogP contribution in [0, 0.1) is 5.92 Å². The first-order valence-corrected chi connectivity index (χ1v) is 8.43. The van der Waals surface area contributed by atoms with E-state index in [1.807, 2.05) is 18.2 Å². The molecule has 1 aromatic rings. The van der Waals surface area contributed by atoms with Gasteiger partial charge >= 0.3 is 5.97 Å². The van der Waals surface area contributed by atoms with Gasteiger partial charge in [-0.1, -0.05) is 12.1 Å². The number of methoxy groups -OCH3 is 1. The van der Waals surface area contributed by atoms with Crippen molar-refractivity contribution in [1.82, 2.24) is 15.5 Å². The summed E-state index contributed by atoms with van der Waals surface area (Å²) in [5.41, 5.74) is 1.64. The van der Waals surface area contributed by atoms with Crippen LogP contribution in [0.25, 0.3) is 0 Å². The van der Waals surface area contributed by atoms with Gasteiger partial charge in [-0.3, -0.25) is 14.6 Å². The average molecular weight is 346 g/mol. The molecular weight excluding hydrogens is 320 g/mol. The molecule has 2 N–H and O–H groups in total. The van der Waals surface area contributed by atoms with Crippen molar-refractivity contribution >= 4 is 17.8 Å². The van der Waals surface area contributed by atoms with Crippen LogP contribution in [0.3, 0.4) is 0 Å². The Morgan fingerprint density at radius 1 is 1.32 bits per heavy atom. The van der Waals surface area contributed by atoms with Crippen LogP contribution in [0.15, 0.2) is 29.3 Å². The molecule has 7 nitrogen and oxygen atoms in total. The lowest BCUT2D eigenvalue weighted by Crippen LogP contribution is -2.46. The van der Waals surface area contributed by atoms with Crippen LogP contribution in [0.5, 0.6) is 0 Å². The molecule has 1 aliphatic rings. The second kappa shape index (κ2) is 9.05. The summed E-state index contributed by atoms with van der Waals surface area (Å²) in [6.07, 6.45) is 1.53. The highest BCUT2D eigenvalue weighted by atomic mass is 16.5. The van der Waals surface area contributed by atoms with E-state index >= 15 is 0 Å². The molecule has 0 aliphatic carbocycles. The number of piperidine rings is 1. The van der Waals surface area contributed by atoms with Gasteiger partial charge in [0.25, 0.3) is 5.91 Å². The normalized spacial score (nSPS) is 15.6. The number of guanidine groups is 1. The summed E-state index contributed by atoms with van der Waals surface area (Å²) in [7, 11) is 4.80. The van der Waals surface area contributed by atoms with Gasteiger partial charge in [0.05, 0.1) is 13.0 Å². The number of rotatable bonds is 4. The monoisotopic (exact) mass is 346 g/mol. The van der Waals surface area contributed by atoms with Crippen LogP contribution in [0.4, 0.5) is 0 Å². The van der Waals surface area contributed by atoms with Gasteiger partial charge in [-0.15, -0.1) is 0 Å². The number of ether oxygens (including phenoxy) is 1. The van der Waals surface area contributed by atoms with Crippen LogP contribution in [0.2, 0.25) is 0 Å². The lowest BCUT2D eigenvalue weighted by molar-refractivity contribution is -0.146. The molecule has 0 atom stereocenters. The number of benzene rings is 1. The lowest BCUT2D eigenvalue weighted by Gasteiger charge is -2.33. The molecule has 1 heterocycles. The summed E-state index contributed by atoms with van der Waals surface area (Å²) in [6, 6.07) is 7.49. The topological polar surface area (TPSA) is 83.0 Å². The molecule has 25 heavy (non-hydrogen) atoms. The minimum Gasteiger partial charge on any atom is -0.469 e. The number of amides is 1. The standard InChI is InChI=1S/C18H26N4O3/c1-19-16(23)15-6-4-5-13(11-15)12-21-18(20-2)22-9-7-14(8-10-22)17(24)25-3/h4-6,11,14H,7-10,12H2,1-3H3,(H,19,23)(H,20,21). The third-order valence-corrected chi connectivity index (χ3v) is 4.41. The van der Waals surface area contributed by atoms with E-state index in [1.165, 1.54) is 7.11 Å². The zero-order chi connectivity index (χ0) is 18.2. The third kappa shape index (κ3) is 4.95. The largest absolute Gasteiger partial charge is 0.469 e. The molecule has 1 saturated heterocycles. The fourth-order valence-electron chi connectivity index (χ4n) is 2.97. The predicted octanol–water partition coefficient (Wildman–Crippen LogP) is 1.01. The van der Waals surface area contributed by atoms with Crippen LogP contribution < -0.4 is 10.6 Å². The van der Waals surface area contributed by atoms with Crippen LogP contribution >= 0.6 is 0 Å². The predicted molar refractivity (Wildman–Crippen MR) is 96.3 cm³/mol. The van der Waals surface area contributed by atoms with Crippen molar-refractivity contribution in [2.45, 2.75) is 19.4 Å². The number of hydrogen-bond donors (Lipinski definition) is 2. The van der Waals surface area contributed by atoms with Crippen molar-refractivity contribution in [3.63, 3.8) is 0 Å². The van der Waals surface area contributed by atoms with Crippen molar-refractivity contribution in [3.8, 4) is 0 Å². The van der Waals surface area contributed by atoms with Crippen molar-refractivity contribution < 1.29 is 14.3 Å². The molecular formula is C18H26N4O3. The van der Waals surface area contributed by atoms with E-state index < -0.39 is 0 Å². The number of carbonyl (C=O) groups excluding carboxylic acids is 2. The Labute approximate surface area is 148 Å². The van der Waals surface area contributed by atoms with Gasteiger partial charge in [-0.05, 0) is 30.5 Å². The zero-order valence-corrected chi connectivity index (χ0v) is 15.0. The van der Waals surface area contributed by atoms with Crippen LogP contribution in [0.1, 0.15) is 28.8 Å². The minimum atomic E-state index is -0.131. The average Bonchev–Trinajstić information content (AvgIpc) is 2.67. The number of likely N-dealkylation sites (tertiary alicyclic amines) is 1. The van der Waals surface area contributed by atoms with Gasteiger partial charge in [0.1, 0.15) is 0 Å². The first-order chi connectivity index (χ1) is 12.1. The van der Waals surface area contributed by atoms with Gasteiger partial charge in [0, 0.05) is 39.3 Å². The Balaban J connectivity index is 1.91. The fraction of sp³-hybridized carbons (Fsp3) is 0.500. The van der Waals surface area contributed by atoms with Gasteiger partial charge in [0.2, 0.25) is 0 Å². The Hall–Kier alpha value is -2.57. The molecule has 1 aliphatic heterocycles. The molecule has 0 radical (unpaired) electrons. The maximum atomic E-state index is 11.7. The smallest absolute Gasteiger partial charge is 0.308 e. The molecule has 7 heteroatoms. The number of hydrogen-bond acceptors (Lipinski definition) is 4. The molecule has 136 valence electrons. The van der Waals surface area contributed by atoms with E-state index in [4.69, 9.17) is 4.74 Å². The van der Waals surface area contributed by atoms with Gasteiger partial charge in [0.15, 0.2) is 5.96 Å². The van der Waals surface area contributed by atoms with Crippen molar-refractivity contribution in [1.29, 1.82) is 0 Å². The van der Waals surface area contributed by atoms with Crippen molar-refractivity contribution in [2.75, 3.05) is 34.3 Å². The third-order valence-electron chi connectivity index (χ3n) is 4.41. The summed E-state index contributed by atoms with van der Waals surface area (Å²) < 4.78 is 4.82. The zero-order valence-electron chi connectivity index (χ0n) is 15.0. The Morgan fingerprint density at radius 3 is 2.64 bits per heavy atom. The maximum Gasteiger partial charge on any atom is 0.308 e. The molecule has 2 rings (SSSR count). The quantitative estimate of drug-likeness (QED) is 0.483. The summed E-state index contributed by atoms with van der Waals surface area (Å²) in [4.78, 5) is 29.8. The highest BCUT2D eigenvalue weighted by Gasteiger charge is 2.26. The number of nitrogens with one attached hydrogen (secondary N) is 2. The maximum absolute atomic E-state index is 11.7. The summed E-state index contributed by atoms with van der Waals surface area (Å²) in [5, 5.41) is 5.95. The second-order valence-corrected chi connectivity index (χ2v) is 5.96. The first-order valence-electron chi connectivity index (χ1n) is 8.43. The fourth-order valence-corrected chi connectivity index (χ4v) is 2.97. The Morgan fingerprint density at radius 2 is 2.04 bits per heavy atom. The molecule has 1 fully saturated rings. The van der Waals surface area contributed by atoms with E-state index in [9.17, 15) is 9.59 Å². The summed E-state index contributed by atoms with van der Waals surface area (Å²) in [5.74, 6) is 0.544. The number of nitrogens with zero attached hydrogens (tertiary/aromatic N) is 2. The highest BCUT2D eigenvalue weighted by molar-refractivity contribution is 5.94. The SMILES string of the molecule is CN=C(NCc1cccc(C(=O)NC)c1)N1CCC(C(=O)OC)CC1. The van der Waals surface area contributed by atoms with Gasteiger partial charge in [-0.2, -0.15) is 0 Å². The van der Waals surface area contributed by atoms with E-state index in [-0.39, 0.29) is 17.8 Å².